The van der Waals surface area contributed by atoms with Gasteiger partial charge in [-0.1, -0.05) is 0 Å². The highest BCUT2D eigenvalue weighted by Gasteiger charge is 2.06. The Kier molecular flexibility index (Phi) is 4.67. The lowest BCUT2D eigenvalue weighted by Crippen LogP contribution is -2.08. The first-order valence-electron chi connectivity index (χ1n) is 3.18. The topological polar surface area (TPSA) is 38.9 Å². The molecule has 0 saturated heterocycles. The fourth-order valence-electron chi connectivity index (χ4n) is 0.760. The summed E-state index contributed by atoms with van der Waals surface area (Å²) in [7, 11) is 0. The third-order valence-corrected chi connectivity index (χ3v) is 1.90. The van der Waals surface area contributed by atoms with Crippen molar-refractivity contribution in [3.05, 3.63) is 28.2 Å². The summed E-state index contributed by atoms with van der Waals surface area (Å²) in [6.07, 6.45) is 1.16. The molecule has 1 heterocycles. The van der Waals surface area contributed by atoms with Crippen LogP contribution in [0.3, 0.4) is 0 Å². The molecule has 0 spiro atoms. The molecule has 2 nitrogen and oxygen atoms in total. The van der Waals surface area contributed by atoms with Crippen molar-refractivity contribution < 1.29 is 4.39 Å². The van der Waals surface area contributed by atoms with Crippen LogP contribution in [0.15, 0.2) is 16.7 Å². The molecule has 1 rings (SSSR count). The van der Waals surface area contributed by atoms with E-state index in [2.05, 4.69) is 20.9 Å². The predicted octanol–water partition coefficient (Wildman–Crippen LogP) is 2.42. The summed E-state index contributed by atoms with van der Waals surface area (Å²) in [6.45, 7) is 1.80. The number of nitrogens with two attached hydrogens (primary N) is 1. The molecule has 0 aromatic carbocycles. The zero-order valence-corrected chi connectivity index (χ0v) is 8.82. The van der Waals surface area contributed by atoms with Crippen molar-refractivity contribution in [3.63, 3.8) is 0 Å². The van der Waals surface area contributed by atoms with Crippen molar-refractivity contribution in [2.24, 2.45) is 5.73 Å². The van der Waals surface area contributed by atoms with Crippen LogP contribution in [-0.2, 0) is 0 Å². The Morgan fingerprint density at radius 3 is 2.67 bits per heavy atom. The first kappa shape index (κ1) is 11.8. The Balaban J connectivity index is 0.00000121. The summed E-state index contributed by atoms with van der Waals surface area (Å²) < 4.78 is 13.1. The fraction of sp³-hybridized carbons (Fsp3) is 0.286. The van der Waals surface area contributed by atoms with Crippen molar-refractivity contribution >= 4 is 28.3 Å². The van der Waals surface area contributed by atoms with Crippen LogP contribution < -0.4 is 5.73 Å². The van der Waals surface area contributed by atoms with Crippen LogP contribution in [0.25, 0.3) is 0 Å². The Morgan fingerprint density at radius 1 is 1.67 bits per heavy atom. The van der Waals surface area contributed by atoms with E-state index in [1.54, 1.807) is 6.92 Å². The standard InChI is InChI=1S/C7H8BrFN2.ClH/c1-4(10)7-6(8)2-5(9)3-11-7;/h2-4H,10H2,1H3;1H/t4-;/m0./s1. The van der Waals surface area contributed by atoms with Crippen molar-refractivity contribution in [1.29, 1.82) is 0 Å². The van der Waals surface area contributed by atoms with Crippen LogP contribution in [-0.4, -0.2) is 4.98 Å². The van der Waals surface area contributed by atoms with Gasteiger partial charge in [0.2, 0.25) is 0 Å². The summed E-state index contributed by atoms with van der Waals surface area (Å²) in [5.74, 6) is -0.360. The van der Waals surface area contributed by atoms with Crippen LogP contribution in [0, 0.1) is 5.82 Å². The first-order valence-corrected chi connectivity index (χ1v) is 3.97. The Bertz CT molecular complexity index is 268. The molecule has 1 aromatic rings. The third kappa shape index (κ3) is 2.69. The summed E-state index contributed by atoms with van der Waals surface area (Å²) in [5, 5.41) is 0. The molecule has 0 amide bonds. The second-order valence-corrected chi connectivity index (χ2v) is 3.16. The molecular formula is C7H9BrClFN2. The molecule has 1 atom stereocenters. The van der Waals surface area contributed by atoms with Gasteiger partial charge in [-0.15, -0.1) is 12.4 Å². The molecule has 0 aliphatic rings. The summed E-state index contributed by atoms with van der Waals surface area (Å²) in [5.41, 5.74) is 6.22. The number of nitrogens with zero attached hydrogens (tertiary/aromatic N) is 1. The molecule has 68 valence electrons. The van der Waals surface area contributed by atoms with E-state index in [-0.39, 0.29) is 24.3 Å². The number of aromatic nitrogens is 1. The first-order chi connectivity index (χ1) is 5.11. The van der Waals surface area contributed by atoms with Crippen LogP contribution in [0.2, 0.25) is 0 Å². The van der Waals surface area contributed by atoms with Gasteiger partial charge in [0.25, 0.3) is 0 Å². The van der Waals surface area contributed by atoms with Gasteiger partial charge < -0.3 is 5.73 Å². The minimum Gasteiger partial charge on any atom is -0.323 e. The van der Waals surface area contributed by atoms with E-state index in [9.17, 15) is 4.39 Å². The average molecular weight is 256 g/mol. The largest absolute Gasteiger partial charge is 0.323 e. The molecule has 0 aliphatic heterocycles. The van der Waals surface area contributed by atoms with Crippen molar-refractivity contribution in [2.45, 2.75) is 13.0 Å². The maximum Gasteiger partial charge on any atom is 0.142 e. The second-order valence-electron chi connectivity index (χ2n) is 2.31. The normalized spacial score (nSPS) is 12.0. The SMILES string of the molecule is C[C@H](N)c1ncc(F)cc1Br.Cl. The van der Waals surface area contributed by atoms with Crippen molar-refractivity contribution in [3.8, 4) is 0 Å². The van der Waals surface area contributed by atoms with E-state index in [1.165, 1.54) is 6.07 Å². The van der Waals surface area contributed by atoms with Gasteiger partial charge in [-0.3, -0.25) is 4.98 Å². The van der Waals surface area contributed by atoms with E-state index in [4.69, 9.17) is 5.73 Å². The number of halogens is 3. The smallest absolute Gasteiger partial charge is 0.142 e. The van der Waals surface area contributed by atoms with Crippen LogP contribution in [0.5, 0.6) is 0 Å². The molecule has 0 bridgehead atoms. The van der Waals surface area contributed by atoms with Gasteiger partial charge in [0.1, 0.15) is 5.82 Å². The lowest BCUT2D eigenvalue weighted by atomic mass is 10.2. The van der Waals surface area contributed by atoms with E-state index in [0.29, 0.717) is 10.2 Å². The van der Waals surface area contributed by atoms with E-state index < -0.39 is 0 Å². The molecule has 0 radical (unpaired) electrons. The van der Waals surface area contributed by atoms with Crippen LogP contribution >= 0.6 is 28.3 Å². The quantitative estimate of drug-likeness (QED) is 0.837. The fourth-order valence-corrected chi connectivity index (χ4v) is 1.44. The monoisotopic (exact) mass is 254 g/mol. The zero-order chi connectivity index (χ0) is 8.43. The zero-order valence-electron chi connectivity index (χ0n) is 6.42. The molecule has 12 heavy (non-hydrogen) atoms. The van der Waals surface area contributed by atoms with E-state index in [0.717, 1.165) is 6.20 Å². The molecule has 2 N–H and O–H groups in total. The third-order valence-electron chi connectivity index (χ3n) is 1.27. The number of rotatable bonds is 1. The molecular weight excluding hydrogens is 246 g/mol. The Morgan fingerprint density at radius 2 is 2.25 bits per heavy atom. The summed E-state index contributed by atoms with van der Waals surface area (Å²) in [6, 6.07) is 1.18. The lowest BCUT2D eigenvalue weighted by Gasteiger charge is -2.05. The molecule has 5 heteroatoms. The van der Waals surface area contributed by atoms with Gasteiger partial charge in [0.05, 0.1) is 11.9 Å². The maximum atomic E-state index is 12.5. The highest BCUT2D eigenvalue weighted by molar-refractivity contribution is 9.10. The van der Waals surface area contributed by atoms with Gasteiger partial charge in [0.15, 0.2) is 0 Å². The summed E-state index contributed by atoms with van der Waals surface area (Å²) in [4.78, 5) is 3.83. The predicted molar refractivity (Wildman–Crippen MR) is 51.7 cm³/mol. The molecule has 0 fully saturated rings. The minimum atomic E-state index is -0.360. The minimum absolute atomic E-state index is 0. The van der Waals surface area contributed by atoms with Crippen LogP contribution in [0.4, 0.5) is 4.39 Å². The van der Waals surface area contributed by atoms with Crippen molar-refractivity contribution in [1.82, 2.24) is 4.98 Å². The van der Waals surface area contributed by atoms with Gasteiger partial charge in [-0.2, -0.15) is 0 Å². The van der Waals surface area contributed by atoms with E-state index in [1.807, 2.05) is 0 Å². The second kappa shape index (κ2) is 4.74. The highest BCUT2D eigenvalue weighted by atomic mass is 79.9. The maximum absolute atomic E-state index is 12.5. The summed E-state index contributed by atoms with van der Waals surface area (Å²) >= 11 is 3.17. The molecule has 0 unspecified atom stereocenters. The number of hydrogen-bond acceptors (Lipinski definition) is 2. The highest BCUT2D eigenvalue weighted by Crippen LogP contribution is 2.19. The van der Waals surface area contributed by atoms with Crippen molar-refractivity contribution in [2.75, 3.05) is 0 Å². The average Bonchev–Trinajstić information content (AvgIpc) is 1.85. The molecule has 0 aliphatic carbocycles. The van der Waals surface area contributed by atoms with Crippen LogP contribution in [0.1, 0.15) is 18.7 Å². The van der Waals surface area contributed by atoms with Gasteiger partial charge in [-0.25, -0.2) is 4.39 Å². The Labute approximate surface area is 84.9 Å². The Hall–Kier alpha value is -0.190. The number of hydrogen-bond donors (Lipinski definition) is 1. The van der Waals surface area contributed by atoms with Gasteiger partial charge in [-0.05, 0) is 28.9 Å². The number of pyridine rings is 1. The van der Waals surface area contributed by atoms with Gasteiger partial charge in [0, 0.05) is 10.5 Å². The molecule has 1 aromatic heterocycles. The molecule has 0 saturated carbocycles. The van der Waals surface area contributed by atoms with E-state index >= 15 is 0 Å². The lowest BCUT2D eigenvalue weighted by molar-refractivity contribution is 0.614. The van der Waals surface area contributed by atoms with Gasteiger partial charge >= 0.3 is 0 Å².